The Bertz CT molecular complexity index is 1450. The summed E-state index contributed by atoms with van der Waals surface area (Å²) in [5.74, 6) is 1.97. The Kier molecular flexibility index (Phi) is 7.04. The van der Waals surface area contributed by atoms with Crippen LogP contribution in [0.1, 0.15) is 69.7 Å². The molecule has 0 bridgehead atoms. The van der Waals surface area contributed by atoms with Gasteiger partial charge in [0.2, 0.25) is 5.91 Å². The van der Waals surface area contributed by atoms with E-state index in [4.69, 9.17) is 0 Å². The summed E-state index contributed by atoms with van der Waals surface area (Å²) in [4.78, 5) is 30.5. The second-order valence-electron chi connectivity index (χ2n) is 11.1. The first-order chi connectivity index (χ1) is 19.0. The van der Waals surface area contributed by atoms with Gasteiger partial charge in [-0.2, -0.15) is 0 Å². The highest BCUT2D eigenvalue weighted by Gasteiger charge is 2.32. The van der Waals surface area contributed by atoms with Gasteiger partial charge in [0.05, 0.1) is 35.9 Å². The summed E-state index contributed by atoms with van der Waals surface area (Å²) in [6, 6.07) is 13.6. The number of benzene rings is 2. The van der Waals surface area contributed by atoms with Gasteiger partial charge in [0, 0.05) is 18.5 Å². The summed E-state index contributed by atoms with van der Waals surface area (Å²) in [5.41, 5.74) is 4.87. The van der Waals surface area contributed by atoms with Crippen molar-refractivity contribution in [3.8, 4) is 33.6 Å². The number of imidazole rings is 2. The molecule has 2 aliphatic rings. The van der Waals surface area contributed by atoms with E-state index >= 15 is 4.39 Å². The minimum Gasteiger partial charge on any atom is -0.341 e. The lowest BCUT2D eigenvalue weighted by Gasteiger charge is -2.24. The molecule has 8 heteroatoms. The molecule has 4 heterocycles. The van der Waals surface area contributed by atoms with Crippen LogP contribution in [0.25, 0.3) is 33.6 Å². The SMILES string of the molecule is CC(C)CC(=O)N1CCC[C@H]1c1ncc(-c2ccc(-c3ccc(-c4cnc([C@@H]5CCCN5)[nH]4)c(F)c3)cc2)[nH]1. The number of nitrogens with zero attached hydrogens (tertiary/aromatic N) is 3. The molecule has 0 spiro atoms. The highest BCUT2D eigenvalue weighted by Crippen LogP contribution is 2.34. The third-order valence-corrected chi connectivity index (χ3v) is 7.84. The standard InChI is InChI=1S/C31H35FN6O/c1-19(2)15-29(39)38-14-4-6-28(38)31-35-17-26(36-31)21-9-7-20(8-10-21)22-11-12-23(24(32)16-22)27-18-34-30(37-27)25-5-3-13-33-25/h7-12,16-19,25,28,33H,3-6,13-15H2,1-2H3,(H,34,37)(H,35,36)/t25-,28-/m0/s1. The highest BCUT2D eigenvalue weighted by atomic mass is 19.1. The molecule has 2 aliphatic heterocycles. The molecule has 6 rings (SSSR count). The Morgan fingerprint density at radius 2 is 1.67 bits per heavy atom. The number of aromatic amines is 2. The Balaban J connectivity index is 1.16. The minimum absolute atomic E-state index is 0.00569. The number of rotatable bonds is 7. The fourth-order valence-corrected chi connectivity index (χ4v) is 5.79. The number of likely N-dealkylation sites (tertiary alicyclic amines) is 1. The van der Waals surface area contributed by atoms with Crippen LogP contribution in [-0.4, -0.2) is 43.8 Å². The quantitative estimate of drug-likeness (QED) is 0.260. The van der Waals surface area contributed by atoms with Gasteiger partial charge in [-0.25, -0.2) is 14.4 Å². The smallest absolute Gasteiger partial charge is 0.223 e. The van der Waals surface area contributed by atoms with Gasteiger partial charge >= 0.3 is 0 Å². The van der Waals surface area contributed by atoms with Gasteiger partial charge in [-0.05, 0) is 67.0 Å². The van der Waals surface area contributed by atoms with E-state index in [1.807, 2.05) is 47.5 Å². The maximum absolute atomic E-state index is 15.2. The molecular weight excluding hydrogens is 491 g/mol. The predicted octanol–water partition coefficient (Wildman–Crippen LogP) is 6.41. The van der Waals surface area contributed by atoms with Crippen LogP contribution in [0.2, 0.25) is 0 Å². The van der Waals surface area contributed by atoms with E-state index in [-0.39, 0.29) is 23.8 Å². The molecule has 0 aliphatic carbocycles. The Hall–Kier alpha value is -3.78. The average molecular weight is 527 g/mol. The Morgan fingerprint density at radius 3 is 2.41 bits per heavy atom. The van der Waals surface area contributed by atoms with E-state index in [0.29, 0.717) is 23.6 Å². The van der Waals surface area contributed by atoms with Crippen LogP contribution in [0.5, 0.6) is 0 Å². The number of hydrogen-bond donors (Lipinski definition) is 3. The van der Waals surface area contributed by atoms with Crippen LogP contribution in [-0.2, 0) is 4.79 Å². The summed E-state index contributed by atoms with van der Waals surface area (Å²) in [6.07, 6.45) is 8.20. The summed E-state index contributed by atoms with van der Waals surface area (Å²) in [7, 11) is 0. The van der Waals surface area contributed by atoms with E-state index in [1.54, 1.807) is 12.3 Å². The fraction of sp³-hybridized carbons (Fsp3) is 0.387. The molecular formula is C31H35FN6O. The maximum Gasteiger partial charge on any atom is 0.223 e. The van der Waals surface area contributed by atoms with E-state index in [2.05, 4.69) is 39.1 Å². The lowest BCUT2D eigenvalue weighted by atomic mass is 10.0. The first kappa shape index (κ1) is 25.5. The molecule has 0 radical (unpaired) electrons. The molecule has 7 nitrogen and oxygen atoms in total. The summed E-state index contributed by atoms with van der Waals surface area (Å²) < 4.78 is 15.2. The summed E-state index contributed by atoms with van der Waals surface area (Å²) in [6.45, 7) is 5.92. The van der Waals surface area contributed by atoms with Gasteiger partial charge in [-0.3, -0.25) is 4.79 Å². The van der Waals surface area contributed by atoms with Crippen molar-refractivity contribution in [2.75, 3.05) is 13.1 Å². The molecule has 0 unspecified atom stereocenters. The van der Waals surface area contributed by atoms with Crippen molar-refractivity contribution < 1.29 is 9.18 Å². The van der Waals surface area contributed by atoms with Crippen molar-refractivity contribution in [2.45, 2.75) is 58.0 Å². The second-order valence-corrected chi connectivity index (χ2v) is 11.1. The molecule has 2 saturated heterocycles. The van der Waals surface area contributed by atoms with Crippen molar-refractivity contribution in [2.24, 2.45) is 5.92 Å². The summed E-state index contributed by atoms with van der Waals surface area (Å²) in [5, 5.41) is 3.42. The average Bonchev–Trinajstić information content (AvgIpc) is 3.74. The van der Waals surface area contributed by atoms with Crippen LogP contribution in [0.3, 0.4) is 0 Å². The fourth-order valence-electron chi connectivity index (χ4n) is 5.79. The van der Waals surface area contributed by atoms with Gasteiger partial charge in [-0.1, -0.05) is 44.2 Å². The maximum atomic E-state index is 15.2. The number of carbonyl (C=O) groups is 1. The van der Waals surface area contributed by atoms with Crippen LogP contribution in [0.15, 0.2) is 54.9 Å². The third kappa shape index (κ3) is 5.26. The second kappa shape index (κ2) is 10.8. The Morgan fingerprint density at radius 1 is 0.949 bits per heavy atom. The number of nitrogens with one attached hydrogen (secondary N) is 3. The lowest BCUT2D eigenvalue weighted by molar-refractivity contribution is -0.133. The van der Waals surface area contributed by atoms with Crippen molar-refractivity contribution in [3.63, 3.8) is 0 Å². The molecule has 2 atom stereocenters. The van der Waals surface area contributed by atoms with Crippen molar-refractivity contribution >= 4 is 5.91 Å². The molecule has 39 heavy (non-hydrogen) atoms. The number of aromatic nitrogens is 4. The topological polar surface area (TPSA) is 89.7 Å². The molecule has 1 amide bonds. The van der Waals surface area contributed by atoms with Crippen LogP contribution in [0.4, 0.5) is 4.39 Å². The zero-order chi connectivity index (χ0) is 26.9. The minimum atomic E-state index is -0.280. The lowest BCUT2D eigenvalue weighted by Crippen LogP contribution is -2.31. The molecule has 0 saturated carbocycles. The number of halogens is 1. The molecule has 3 N–H and O–H groups in total. The molecule has 202 valence electrons. The van der Waals surface area contributed by atoms with Crippen LogP contribution < -0.4 is 5.32 Å². The predicted molar refractivity (Wildman–Crippen MR) is 150 cm³/mol. The van der Waals surface area contributed by atoms with E-state index < -0.39 is 0 Å². The van der Waals surface area contributed by atoms with E-state index in [1.165, 1.54) is 0 Å². The van der Waals surface area contributed by atoms with Crippen molar-refractivity contribution in [1.82, 2.24) is 30.2 Å². The van der Waals surface area contributed by atoms with Crippen LogP contribution >= 0.6 is 0 Å². The van der Waals surface area contributed by atoms with Gasteiger partial charge in [-0.15, -0.1) is 0 Å². The van der Waals surface area contributed by atoms with E-state index in [0.717, 1.165) is 72.8 Å². The first-order valence-electron chi connectivity index (χ1n) is 14.0. The van der Waals surface area contributed by atoms with Gasteiger partial charge in [0.25, 0.3) is 0 Å². The largest absolute Gasteiger partial charge is 0.341 e. The van der Waals surface area contributed by atoms with Crippen LogP contribution in [0, 0.1) is 11.7 Å². The first-order valence-corrected chi connectivity index (χ1v) is 14.0. The van der Waals surface area contributed by atoms with Crippen molar-refractivity contribution in [1.29, 1.82) is 0 Å². The zero-order valence-electron chi connectivity index (χ0n) is 22.5. The van der Waals surface area contributed by atoms with Crippen molar-refractivity contribution in [3.05, 3.63) is 72.3 Å². The van der Waals surface area contributed by atoms with Gasteiger partial charge < -0.3 is 20.2 Å². The highest BCUT2D eigenvalue weighted by molar-refractivity contribution is 5.77. The van der Waals surface area contributed by atoms with E-state index in [9.17, 15) is 4.79 Å². The number of amides is 1. The van der Waals surface area contributed by atoms with Gasteiger partial charge in [0.1, 0.15) is 17.5 Å². The molecule has 2 aromatic heterocycles. The molecule has 2 aromatic carbocycles. The molecule has 4 aromatic rings. The normalized spacial score (nSPS) is 19.3. The van der Waals surface area contributed by atoms with Gasteiger partial charge in [0.15, 0.2) is 0 Å². The number of carbonyl (C=O) groups excluding carboxylic acids is 1. The Labute approximate surface area is 228 Å². The zero-order valence-corrected chi connectivity index (χ0v) is 22.5. The number of hydrogen-bond acceptors (Lipinski definition) is 4. The molecule has 2 fully saturated rings. The summed E-state index contributed by atoms with van der Waals surface area (Å²) >= 11 is 0. The number of H-pyrrole nitrogens is 2. The third-order valence-electron chi connectivity index (χ3n) is 7.84. The monoisotopic (exact) mass is 526 g/mol.